The molecule has 0 unspecified atom stereocenters. The second-order valence-corrected chi connectivity index (χ2v) is 7.25. The van der Waals surface area contributed by atoms with Crippen LogP contribution in [-0.4, -0.2) is 15.5 Å². The summed E-state index contributed by atoms with van der Waals surface area (Å²) in [6.45, 7) is 0. The Hall–Kier alpha value is -0.0600. The number of unbranched alkanes of at least 4 members (excludes halogenated alkanes) is 14. The van der Waals surface area contributed by atoms with E-state index in [0.717, 1.165) is 12.8 Å². The van der Waals surface area contributed by atoms with Gasteiger partial charge in [0.15, 0.2) is 0 Å². The van der Waals surface area contributed by atoms with Gasteiger partial charge in [-0.1, -0.05) is 106 Å². The lowest BCUT2D eigenvalue weighted by Gasteiger charge is -2.03. The molecule has 0 aromatic heterocycles. The minimum Gasteiger partial charge on any atom is -0.478 e. The number of hydrogen-bond acceptors (Lipinski definition) is 1. The van der Waals surface area contributed by atoms with Gasteiger partial charge in [-0.2, -0.15) is 0 Å². The third-order valence-electron chi connectivity index (χ3n) is 4.01. The molecule has 0 heterocycles. The highest BCUT2D eigenvalue weighted by molar-refractivity contribution is 14.1. The molecule has 0 amide bonds. The maximum atomic E-state index is 10.3. The molecule has 0 aliphatic rings. The summed E-state index contributed by atoms with van der Waals surface area (Å²) in [5.41, 5.74) is 0. The first-order valence-electron chi connectivity index (χ1n) is 9.23. The van der Waals surface area contributed by atoms with Crippen LogP contribution in [0.15, 0.2) is 12.2 Å². The number of halogens is 1. The number of hydrogen-bond donors (Lipinski definition) is 1. The van der Waals surface area contributed by atoms with Crippen LogP contribution in [0.25, 0.3) is 0 Å². The molecule has 0 atom stereocenters. The van der Waals surface area contributed by atoms with Gasteiger partial charge in [0.05, 0.1) is 0 Å². The maximum Gasteiger partial charge on any atom is 0.327 e. The molecule has 22 heavy (non-hydrogen) atoms. The molecule has 0 spiro atoms. The zero-order valence-electron chi connectivity index (χ0n) is 14.2. The summed E-state index contributed by atoms with van der Waals surface area (Å²) in [5, 5.41) is 8.45. The second-order valence-electron chi connectivity index (χ2n) is 6.17. The van der Waals surface area contributed by atoms with E-state index < -0.39 is 5.97 Å². The summed E-state index contributed by atoms with van der Waals surface area (Å²) in [6.07, 6.45) is 23.1. The van der Waals surface area contributed by atoms with Crippen LogP contribution in [0.5, 0.6) is 0 Å². The van der Waals surface area contributed by atoms with E-state index in [0.29, 0.717) is 0 Å². The minimum absolute atomic E-state index is 0.833. The number of carboxylic acid groups (broad SMARTS) is 1. The Labute approximate surface area is 151 Å². The first-order chi connectivity index (χ1) is 10.8. The Morgan fingerprint density at radius 3 is 1.41 bits per heavy atom. The molecule has 0 aliphatic carbocycles. The molecule has 0 bridgehead atoms. The predicted molar refractivity (Wildman–Crippen MR) is 105 cm³/mol. The normalized spacial score (nSPS) is 11.3. The van der Waals surface area contributed by atoms with E-state index in [-0.39, 0.29) is 0 Å². The molecule has 3 heteroatoms. The van der Waals surface area contributed by atoms with E-state index in [4.69, 9.17) is 5.11 Å². The highest BCUT2D eigenvalue weighted by Gasteiger charge is 1.94. The average molecular weight is 422 g/mol. The third kappa shape index (κ3) is 19.9. The van der Waals surface area contributed by atoms with Crippen molar-refractivity contribution in [1.29, 1.82) is 0 Å². The van der Waals surface area contributed by atoms with Crippen molar-refractivity contribution in [2.45, 2.75) is 96.3 Å². The standard InChI is InChI=1S/C19H35IO2/c20-18-16-14-12-10-8-6-4-2-1-3-5-7-9-11-13-15-17-19(21)22/h15,17H,1-14,16,18H2,(H,21,22). The van der Waals surface area contributed by atoms with E-state index >= 15 is 0 Å². The fourth-order valence-electron chi connectivity index (χ4n) is 2.66. The monoisotopic (exact) mass is 422 g/mol. The van der Waals surface area contributed by atoms with Crippen LogP contribution in [0.4, 0.5) is 0 Å². The minimum atomic E-state index is -0.833. The van der Waals surface area contributed by atoms with Crippen molar-refractivity contribution in [2.24, 2.45) is 0 Å². The highest BCUT2D eigenvalue weighted by Crippen LogP contribution is 2.13. The van der Waals surface area contributed by atoms with E-state index in [1.807, 2.05) is 0 Å². The quantitative estimate of drug-likeness (QED) is 0.120. The molecule has 0 rings (SSSR count). The van der Waals surface area contributed by atoms with E-state index in [2.05, 4.69) is 22.6 Å². The summed E-state index contributed by atoms with van der Waals surface area (Å²) in [4.78, 5) is 10.3. The van der Waals surface area contributed by atoms with Crippen LogP contribution < -0.4 is 0 Å². The number of carboxylic acids is 1. The fraction of sp³-hybridized carbons (Fsp3) is 0.842. The van der Waals surface area contributed by atoms with Crippen LogP contribution in [0.1, 0.15) is 96.3 Å². The number of allylic oxidation sites excluding steroid dienone is 1. The van der Waals surface area contributed by atoms with Gasteiger partial charge in [0.2, 0.25) is 0 Å². The summed E-state index contributed by atoms with van der Waals surface area (Å²) in [6, 6.07) is 0. The molecule has 0 aromatic rings. The number of carbonyl (C=O) groups is 1. The van der Waals surface area contributed by atoms with E-state index in [1.165, 1.54) is 94.0 Å². The summed E-state index contributed by atoms with van der Waals surface area (Å²) < 4.78 is 1.32. The molecular formula is C19H35IO2. The van der Waals surface area contributed by atoms with Gasteiger partial charge in [-0.3, -0.25) is 0 Å². The van der Waals surface area contributed by atoms with Gasteiger partial charge in [0.25, 0.3) is 0 Å². The van der Waals surface area contributed by atoms with E-state index in [9.17, 15) is 4.79 Å². The Kier molecular flexibility index (Phi) is 18.9. The van der Waals surface area contributed by atoms with Crippen molar-refractivity contribution >= 4 is 28.6 Å². The topological polar surface area (TPSA) is 37.3 Å². The molecule has 0 aliphatic heterocycles. The van der Waals surface area contributed by atoms with Gasteiger partial charge in [0, 0.05) is 6.08 Å². The fourth-order valence-corrected chi connectivity index (χ4v) is 3.20. The number of alkyl halides is 1. The van der Waals surface area contributed by atoms with Gasteiger partial charge in [0.1, 0.15) is 0 Å². The van der Waals surface area contributed by atoms with Crippen LogP contribution in [0.3, 0.4) is 0 Å². The molecule has 2 nitrogen and oxygen atoms in total. The van der Waals surface area contributed by atoms with Crippen LogP contribution in [-0.2, 0) is 4.79 Å². The lowest BCUT2D eigenvalue weighted by molar-refractivity contribution is -0.131. The highest BCUT2D eigenvalue weighted by atomic mass is 127. The first kappa shape index (κ1) is 21.9. The molecule has 0 fully saturated rings. The molecule has 0 radical (unpaired) electrons. The third-order valence-corrected chi connectivity index (χ3v) is 4.78. The van der Waals surface area contributed by atoms with Gasteiger partial charge >= 0.3 is 5.97 Å². The van der Waals surface area contributed by atoms with Crippen molar-refractivity contribution in [3.05, 3.63) is 12.2 Å². The smallest absolute Gasteiger partial charge is 0.327 e. The largest absolute Gasteiger partial charge is 0.478 e. The molecule has 1 N–H and O–H groups in total. The zero-order chi connectivity index (χ0) is 16.3. The van der Waals surface area contributed by atoms with Crippen LogP contribution in [0.2, 0.25) is 0 Å². The molecule has 0 saturated carbocycles. The van der Waals surface area contributed by atoms with Crippen LogP contribution in [0, 0.1) is 0 Å². The Morgan fingerprint density at radius 1 is 0.682 bits per heavy atom. The zero-order valence-corrected chi connectivity index (χ0v) is 16.4. The lowest BCUT2D eigenvalue weighted by Crippen LogP contribution is -1.86. The van der Waals surface area contributed by atoms with Gasteiger partial charge in [-0.05, 0) is 23.7 Å². The Balaban J connectivity index is 3.01. The van der Waals surface area contributed by atoms with Crippen LogP contribution >= 0.6 is 22.6 Å². The van der Waals surface area contributed by atoms with Crippen molar-refractivity contribution in [2.75, 3.05) is 4.43 Å². The predicted octanol–water partition coefficient (Wildman–Crippen LogP) is 6.91. The average Bonchev–Trinajstić information content (AvgIpc) is 2.50. The summed E-state index contributed by atoms with van der Waals surface area (Å²) in [7, 11) is 0. The van der Waals surface area contributed by atoms with Gasteiger partial charge in [-0.25, -0.2) is 4.79 Å². The summed E-state index contributed by atoms with van der Waals surface area (Å²) >= 11 is 2.47. The molecular weight excluding hydrogens is 387 g/mol. The number of aliphatic carboxylic acids is 1. The van der Waals surface area contributed by atoms with Gasteiger partial charge < -0.3 is 5.11 Å². The van der Waals surface area contributed by atoms with Crippen molar-refractivity contribution in [1.82, 2.24) is 0 Å². The molecule has 0 aromatic carbocycles. The van der Waals surface area contributed by atoms with Crippen molar-refractivity contribution in [3.63, 3.8) is 0 Å². The summed E-state index contributed by atoms with van der Waals surface area (Å²) in [5.74, 6) is -0.833. The molecule has 0 saturated heterocycles. The van der Waals surface area contributed by atoms with E-state index in [1.54, 1.807) is 6.08 Å². The van der Waals surface area contributed by atoms with Crippen molar-refractivity contribution in [3.8, 4) is 0 Å². The van der Waals surface area contributed by atoms with Crippen molar-refractivity contribution < 1.29 is 9.90 Å². The Bertz CT molecular complexity index is 264. The maximum absolute atomic E-state index is 10.3. The first-order valence-corrected chi connectivity index (χ1v) is 10.8. The van der Waals surface area contributed by atoms with Gasteiger partial charge in [-0.15, -0.1) is 0 Å². The second kappa shape index (κ2) is 19.0. The SMILES string of the molecule is O=C(O)C=CCCCCCCCCCCCCCCCCI. The Morgan fingerprint density at radius 2 is 1.05 bits per heavy atom. The lowest BCUT2D eigenvalue weighted by atomic mass is 10.0. The number of rotatable bonds is 17. The molecule has 130 valence electrons.